The predicted octanol–water partition coefficient (Wildman–Crippen LogP) is 2.24. The maximum atomic E-state index is 12.4. The second-order valence-electron chi connectivity index (χ2n) is 7.67. The Hall–Kier alpha value is -1.51. The van der Waals surface area contributed by atoms with Crippen molar-refractivity contribution < 1.29 is 33.2 Å². The van der Waals surface area contributed by atoms with E-state index in [2.05, 4.69) is 0 Å². The summed E-state index contributed by atoms with van der Waals surface area (Å²) in [5.41, 5.74) is 0.454. The average Bonchev–Trinajstić information content (AvgIpc) is 3.19. The Balaban J connectivity index is 1.51. The summed E-state index contributed by atoms with van der Waals surface area (Å²) >= 11 is 0. The van der Waals surface area contributed by atoms with Gasteiger partial charge in [0.15, 0.2) is 17.7 Å². The van der Waals surface area contributed by atoms with Crippen LogP contribution >= 0.6 is 0 Å². The smallest absolute Gasteiger partial charge is 0.340 e. The fourth-order valence-electron chi connectivity index (χ4n) is 3.61. The Kier molecular flexibility index (Phi) is 4.32. The van der Waals surface area contributed by atoms with Crippen molar-refractivity contribution in [1.29, 1.82) is 0 Å². The highest BCUT2D eigenvalue weighted by Gasteiger charge is 2.60. The quantitative estimate of drug-likeness (QED) is 0.762. The van der Waals surface area contributed by atoms with E-state index in [9.17, 15) is 4.79 Å². The van der Waals surface area contributed by atoms with Crippen molar-refractivity contribution in [2.75, 3.05) is 6.61 Å². The van der Waals surface area contributed by atoms with Gasteiger partial charge in [-0.1, -0.05) is 18.2 Å². The van der Waals surface area contributed by atoms with Gasteiger partial charge in [0.1, 0.15) is 18.3 Å². The normalized spacial score (nSPS) is 37.5. The molecule has 0 aliphatic carbocycles. The molecule has 0 N–H and O–H groups in total. The van der Waals surface area contributed by atoms with Crippen LogP contribution in [0.4, 0.5) is 0 Å². The van der Waals surface area contributed by atoms with Gasteiger partial charge in [0.2, 0.25) is 6.29 Å². The van der Waals surface area contributed by atoms with Gasteiger partial charge in [-0.05, 0) is 39.8 Å². The molecule has 5 atom stereocenters. The third-order valence-corrected chi connectivity index (χ3v) is 4.68. The van der Waals surface area contributed by atoms with Gasteiger partial charge in [0, 0.05) is 0 Å². The van der Waals surface area contributed by atoms with Crippen molar-refractivity contribution in [3.63, 3.8) is 0 Å². The molecule has 7 nitrogen and oxygen atoms in total. The van der Waals surface area contributed by atoms with E-state index in [1.54, 1.807) is 24.3 Å². The van der Waals surface area contributed by atoms with Gasteiger partial charge in [0.05, 0.1) is 12.2 Å². The SMILES string of the molecule is CC1(C)O[C@@H]2[C@H](O1)[C@@H](OC(=O)c1ccccc1)O[C@H]2[C@@H]1COC(C)(C)O1. The zero-order valence-corrected chi connectivity index (χ0v) is 15.3. The minimum absolute atomic E-state index is 0.324. The summed E-state index contributed by atoms with van der Waals surface area (Å²) in [7, 11) is 0. The van der Waals surface area contributed by atoms with Gasteiger partial charge in [-0.15, -0.1) is 0 Å². The number of carbonyl (C=O) groups is 1. The van der Waals surface area contributed by atoms with E-state index in [0.29, 0.717) is 12.2 Å². The van der Waals surface area contributed by atoms with Crippen molar-refractivity contribution in [2.24, 2.45) is 0 Å². The lowest BCUT2D eigenvalue weighted by Gasteiger charge is -2.26. The Morgan fingerprint density at radius 3 is 2.31 bits per heavy atom. The van der Waals surface area contributed by atoms with Crippen LogP contribution in [-0.4, -0.2) is 54.9 Å². The number of ether oxygens (including phenoxy) is 6. The van der Waals surface area contributed by atoms with E-state index >= 15 is 0 Å². The van der Waals surface area contributed by atoms with Gasteiger partial charge in [0.25, 0.3) is 0 Å². The molecule has 4 rings (SSSR count). The van der Waals surface area contributed by atoms with Crippen LogP contribution in [0.3, 0.4) is 0 Å². The molecule has 1 aromatic carbocycles. The summed E-state index contributed by atoms with van der Waals surface area (Å²) in [6.45, 7) is 7.73. The predicted molar refractivity (Wildman–Crippen MR) is 89.2 cm³/mol. The van der Waals surface area contributed by atoms with E-state index in [0.717, 1.165) is 0 Å². The minimum atomic E-state index is -0.869. The standard InChI is InChI=1S/C19H24O7/c1-18(2)21-10-12(24-18)13-14-15(26-19(3,4)25-14)17(22-13)23-16(20)11-8-6-5-7-9-11/h5-9,12-15,17H,10H2,1-4H3/t12-,13-,14-,15-,17+/m0/s1. The first kappa shape index (κ1) is 17.9. The van der Waals surface area contributed by atoms with Gasteiger partial charge >= 0.3 is 5.97 Å². The van der Waals surface area contributed by atoms with Crippen molar-refractivity contribution >= 4 is 5.97 Å². The Morgan fingerprint density at radius 2 is 1.65 bits per heavy atom. The largest absolute Gasteiger partial charge is 0.429 e. The monoisotopic (exact) mass is 364 g/mol. The number of benzene rings is 1. The van der Waals surface area contributed by atoms with Crippen LogP contribution in [0.1, 0.15) is 38.1 Å². The minimum Gasteiger partial charge on any atom is -0.429 e. The molecular weight excluding hydrogens is 340 g/mol. The first-order chi connectivity index (χ1) is 12.2. The van der Waals surface area contributed by atoms with E-state index in [1.807, 2.05) is 33.8 Å². The topological polar surface area (TPSA) is 72.5 Å². The Labute approximate surface area is 152 Å². The second kappa shape index (κ2) is 6.28. The molecule has 0 spiro atoms. The van der Waals surface area contributed by atoms with Crippen molar-refractivity contribution in [3.8, 4) is 0 Å². The van der Waals surface area contributed by atoms with Crippen LogP contribution < -0.4 is 0 Å². The number of hydrogen-bond donors (Lipinski definition) is 0. The Morgan fingerprint density at radius 1 is 0.962 bits per heavy atom. The fourth-order valence-corrected chi connectivity index (χ4v) is 3.61. The molecule has 0 bridgehead atoms. The summed E-state index contributed by atoms with van der Waals surface area (Å²) < 4.78 is 35.1. The van der Waals surface area contributed by atoms with Crippen molar-refractivity contribution in [3.05, 3.63) is 35.9 Å². The van der Waals surface area contributed by atoms with Crippen molar-refractivity contribution in [1.82, 2.24) is 0 Å². The first-order valence-electron chi connectivity index (χ1n) is 8.83. The maximum Gasteiger partial charge on any atom is 0.340 e. The lowest BCUT2D eigenvalue weighted by molar-refractivity contribution is -0.235. The molecule has 0 saturated carbocycles. The molecule has 0 aromatic heterocycles. The molecule has 3 fully saturated rings. The van der Waals surface area contributed by atoms with E-state index in [-0.39, 0.29) is 6.10 Å². The number of carbonyl (C=O) groups excluding carboxylic acids is 1. The summed E-state index contributed by atoms with van der Waals surface area (Å²) in [6, 6.07) is 8.78. The lowest BCUT2D eigenvalue weighted by atomic mass is 10.1. The molecule has 7 heteroatoms. The van der Waals surface area contributed by atoms with Crippen molar-refractivity contribution in [2.45, 2.75) is 70.0 Å². The molecule has 3 saturated heterocycles. The summed E-state index contributed by atoms with van der Waals surface area (Å²) in [4.78, 5) is 12.4. The second-order valence-corrected chi connectivity index (χ2v) is 7.67. The molecule has 1 aromatic rings. The first-order valence-corrected chi connectivity index (χ1v) is 8.83. The van der Waals surface area contributed by atoms with Crippen LogP contribution in [0, 0.1) is 0 Å². The molecular formula is C19H24O7. The van der Waals surface area contributed by atoms with Crippen LogP contribution in [0.15, 0.2) is 30.3 Å². The van der Waals surface area contributed by atoms with Crippen LogP contribution in [-0.2, 0) is 28.4 Å². The lowest BCUT2D eigenvalue weighted by Crippen LogP contribution is -2.40. The molecule has 142 valence electrons. The van der Waals surface area contributed by atoms with Gasteiger partial charge in [-0.3, -0.25) is 0 Å². The molecule has 0 amide bonds. The number of esters is 1. The average molecular weight is 364 g/mol. The molecule has 3 aliphatic rings. The molecule has 3 aliphatic heterocycles. The van der Waals surface area contributed by atoms with Gasteiger partial charge in [-0.25, -0.2) is 4.79 Å². The zero-order valence-electron chi connectivity index (χ0n) is 15.3. The number of fused-ring (bicyclic) bond motifs is 1. The molecule has 3 heterocycles. The van der Waals surface area contributed by atoms with E-state index in [1.165, 1.54) is 0 Å². The summed E-state index contributed by atoms with van der Waals surface area (Å²) in [5, 5.41) is 0. The summed E-state index contributed by atoms with van der Waals surface area (Å²) in [5.74, 6) is -1.94. The van der Waals surface area contributed by atoms with Crippen LogP contribution in [0.5, 0.6) is 0 Å². The zero-order chi connectivity index (χ0) is 18.5. The van der Waals surface area contributed by atoms with Gasteiger partial charge < -0.3 is 28.4 Å². The fraction of sp³-hybridized carbons (Fsp3) is 0.632. The number of rotatable bonds is 3. The Bertz CT molecular complexity index is 672. The highest BCUT2D eigenvalue weighted by molar-refractivity contribution is 5.89. The van der Waals surface area contributed by atoms with Crippen LogP contribution in [0.25, 0.3) is 0 Å². The maximum absolute atomic E-state index is 12.4. The number of hydrogen-bond acceptors (Lipinski definition) is 7. The van der Waals surface area contributed by atoms with Gasteiger partial charge in [-0.2, -0.15) is 0 Å². The molecule has 0 unspecified atom stereocenters. The molecule has 0 radical (unpaired) electrons. The third-order valence-electron chi connectivity index (χ3n) is 4.68. The van der Waals surface area contributed by atoms with E-state index in [4.69, 9.17) is 28.4 Å². The molecule has 26 heavy (non-hydrogen) atoms. The third kappa shape index (κ3) is 3.37. The van der Waals surface area contributed by atoms with Crippen LogP contribution in [0.2, 0.25) is 0 Å². The summed E-state index contributed by atoms with van der Waals surface area (Å²) in [6.07, 6.45) is -2.56. The highest BCUT2D eigenvalue weighted by atomic mass is 16.8. The van der Waals surface area contributed by atoms with E-state index < -0.39 is 42.1 Å². The highest BCUT2D eigenvalue weighted by Crippen LogP contribution is 2.42.